The van der Waals surface area contributed by atoms with Crippen LogP contribution >= 0.6 is 0 Å². The van der Waals surface area contributed by atoms with Crippen molar-refractivity contribution in [2.24, 2.45) is 0 Å². The molecule has 8 nitrogen and oxygen atoms in total. The molecule has 24 heavy (non-hydrogen) atoms. The number of carbonyl (C=O) groups excluding carboxylic acids is 1. The molecule has 11 heteroatoms. The van der Waals surface area contributed by atoms with Gasteiger partial charge in [0.1, 0.15) is 6.04 Å². The number of benzene rings is 1. The van der Waals surface area contributed by atoms with Gasteiger partial charge in [-0.25, -0.2) is 4.79 Å². The molecule has 132 valence electrons. The van der Waals surface area contributed by atoms with Crippen LogP contribution in [0, 0.1) is 10.1 Å². The smallest absolute Gasteiger partial charge is 0.410 e. The van der Waals surface area contributed by atoms with E-state index >= 15 is 0 Å². The number of nitro groups is 1. The van der Waals surface area contributed by atoms with Crippen molar-refractivity contribution in [1.29, 1.82) is 0 Å². The number of rotatable bonds is 5. The van der Waals surface area contributed by atoms with Crippen molar-refractivity contribution in [3.8, 4) is 5.75 Å². The van der Waals surface area contributed by atoms with Crippen molar-refractivity contribution in [2.75, 3.05) is 20.3 Å². The number of phenols is 1. The molecule has 1 fully saturated rings. The van der Waals surface area contributed by atoms with E-state index in [1.54, 1.807) is 0 Å². The number of halogens is 3. The van der Waals surface area contributed by atoms with E-state index in [4.69, 9.17) is 4.74 Å². The Bertz CT molecular complexity index is 652. The largest absolute Gasteiger partial charge is 0.502 e. The van der Waals surface area contributed by atoms with Crippen LogP contribution in [-0.2, 0) is 4.74 Å². The van der Waals surface area contributed by atoms with Crippen LogP contribution in [0.2, 0.25) is 0 Å². The minimum atomic E-state index is -4.61. The number of nitro benzene ring substituents is 1. The topological polar surface area (TPSA) is 105 Å². The number of urea groups is 1. The van der Waals surface area contributed by atoms with Crippen LogP contribution in [0.25, 0.3) is 0 Å². The summed E-state index contributed by atoms with van der Waals surface area (Å²) in [5, 5.41) is 22.2. The fourth-order valence-electron chi connectivity index (χ4n) is 2.43. The molecule has 1 aliphatic heterocycles. The molecule has 1 aromatic rings. The number of nitrogens with one attached hydrogen (secondary N) is 1. The minimum absolute atomic E-state index is 0.167. The fraction of sp³-hybridized carbons (Fsp3) is 0.462. The van der Waals surface area contributed by atoms with Gasteiger partial charge in [0.05, 0.1) is 24.1 Å². The van der Waals surface area contributed by atoms with Crippen LogP contribution in [0.5, 0.6) is 5.75 Å². The summed E-state index contributed by atoms with van der Waals surface area (Å²) >= 11 is 0. The average molecular weight is 349 g/mol. The zero-order chi connectivity index (χ0) is 18.1. The van der Waals surface area contributed by atoms with E-state index in [2.05, 4.69) is 0 Å². The van der Waals surface area contributed by atoms with Gasteiger partial charge in [0.2, 0.25) is 0 Å². The normalized spacial score (nSPS) is 19.2. The molecule has 2 N–H and O–H groups in total. The standard InChI is InChI=1S/C13H14F3N3O5/c1-24-6-9(7-2-3-10(20)8(4-7)19(22)23)18-5-11(13(14,15)16)17-12(18)21/h2-4,9,11,20H,5-6H2,1H3,(H,17,21)/t9-,11-/m0/s1. The van der Waals surface area contributed by atoms with Crippen LogP contribution in [0.3, 0.4) is 0 Å². The SMILES string of the molecule is COC[C@@H](c1ccc(O)c([N+](=O)[O-])c1)N1C[C@@H](C(F)(F)F)NC1=O. The number of methoxy groups -OCH3 is 1. The predicted molar refractivity (Wildman–Crippen MR) is 74.5 cm³/mol. The Kier molecular flexibility index (Phi) is 4.83. The summed E-state index contributed by atoms with van der Waals surface area (Å²) in [6.45, 7) is -0.815. The number of ether oxygens (including phenoxy) is 1. The molecule has 2 amide bonds. The lowest BCUT2D eigenvalue weighted by Gasteiger charge is -2.27. The molecule has 2 atom stereocenters. The highest BCUT2D eigenvalue weighted by atomic mass is 19.4. The van der Waals surface area contributed by atoms with Gasteiger partial charge in [0.15, 0.2) is 5.75 Å². The first-order valence-electron chi connectivity index (χ1n) is 6.75. The second kappa shape index (κ2) is 6.51. The van der Waals surface area contributed by atoms with E-state index < -0.39 is 47.2 Å². The third-order valence-corrected chi connectivity index (χ3v) is 3.61. The molecule has 1 heterocycles. The number of alkyl halides is 3. The maximum atomic E-state index is 12.8. The van der Waals surface area contributed by atoms with Crippen LogP contribution in [0.1, 0.15) is 11.6 Å². The van der Waals surface area contributed by atoms with Gasteiger partial charge < -0.3 is 20.1 Å². The van der Waals surface area contributed by atoms with Gasteiger partial charge in [-0.15, -0.1) is 0 Å². The summed E-state index contributed by atoms with van der Waals surface area (Å²) in [6, 6.07) is -0.605. The Hall–Kier alpha value is -2.56. The number of amides is 2. The molecule has 1 saturated heterocycles. The molecule has 0 aromatic heterocycles. The summed E-state index contributed by atoms with van der Waals surface area (Å²) in [5.74, 6) is -0.584. The first-order chi connectivity index (χ1) is 11.1. The van der Waals surface area contributed by atoms with Crippen molar-refractivity contribution in [2.45, 2.75) is 18.3 Å². The Balaban J connectivity index is 2.35. The van der Waals surface area contributed by atoms with Crippen molar-refractivity contribution in [3.63, 3.8) is 0 Å². The quantitative estimate of drug-likeness (QED) is 0.624. The molecule has 2 rings (SSSR count). The maximum absolute atomic E-state index is 12.8. The van der Waals surface area contributed by atoms with E-state index in [0.717, 1.165) is 17.0 Å². The van der Waals surface area contributed by atoms with E-state index in [0.29, 0.717) is 0 Å². The second-order valence-electron chi connectivity index (χ2n) is 5.17. The summed E-state index contributed by atoms with van der Waals surface area (Å²) in [5.41, 5.74) is -0.431. The molecule has 0 aliphatic carbocycles. The van der Waals surface area contributed by atoms with E-state index in [1.807, 2.05) is 5.32 Å². The number of nitrogens with zero attached hydrogens (tertiary/aromatic N) is 2. The summed E-state index contributed by atoms with van der Waals surface area (Å²) < 4.78 is 43.3. The van der Waals surface area contributed by atoms with Gasteiger partial charge in [0, 0.05) is 13.2 Å². The van der Waals surface area contributed by atoms with Crippen LogP contribution < -0.4 is 5.32 Å². The number of aromatic hydroxyl groups is 1. The lowest BCUT2D eigenvalue weighted by molar-refractivity contribution is -0.386. The Morgan fingerprint density at radius 1 is 1.54 bits per heavy atom. The van der Waals surface area contributed by atoms with Crippen molar-refractivity contribution >= 4 is 11.7 Å². The van der Waals surface area contributed by atoms with Crippen molar-refractivity contribution in [1.82, 2.24) is 10.2 Å². The maximum Gasteiger partial charge on any atom is 0.410 e. The number of hydrogen-bond acceptors (Lipinski definition) is 5. The molecule has 1 aromatic carbocycles. The Labute approximate surface area is 134 Å². The monoisotopic (exact) mass is 349 g/mol. The van der Waals surface area contributed by atoms with Crippen molar-refractivity contribution in [3.05, 3.63) is 33.9 Å². The molecule has 0 unspecified atom stereocenters. The lowest BCUT2D eigenvalue weighted by Crippen LogP contribution is -2.40. The van der Waals surface area contributed by atoms with Gasteiger partial charge in [0.25, 0.3) is 0 Å². The van der Waals surface area contributed by atoms with E-state index in [-0.39, 0.29) is 12.2 Å². The van der Waals surface area contributed by atoms with Crippen LogP contribution in [0.15, 0.2) is 18.2 Å². The zero-order valence-corrected chi connectivity index (χ0v) is 12.4. The van der Waals surface area contributed by atoms with Crippen LogP contribution in [-0.4, -0.2) is 53.4 Å². The Morgan fingerprint density at radius 3 is 2.71 bits per heavy atom. The zero-order valence-electron chi connectivity index (χ0n) is 12.4. The summed E-state index contributed by atoms with van der Waals surface area (Å²) in [7, 11) is 1.29. The van der Waals surface area contributed by atoms with Crippen LogP contribution in [0.4, 0.5) is 23.7 Å². The predicted octanol–water partition coefficient (Wildman–Crippen LogP) is 1.94. The first kappa shape index (κ1) is 17.8. The van der Waals surface area contributed by atoms with Gasteiger partial charge in [-0.1, -0.05) is 6.07 Å². The number of carbonyl (C=O) groups is 1. The van der Waals surface area contributed by atoms with Gasteiger partial charge in [-0.2, -0.15) is 13.2 Å². The molecular formula is C13H14F3N3O5. The summed E-state index contributed by atoms with van der Waals surface area (Å²) in [4.78, 5) is 22.9. The first-order valence-corrected chi connectivity index (χ1v) is 6.75. The third kappa shape index (κ3) is 3.50. The molecule has 0 saturated carbocycles. The molecule has 0 radical (unpaired) electrons. The molecule has 1 aliphatic rings. The molecule has 0 bridgehead atoms. The lowest BCUT2D eigenvalue weighted by atomic mass is 10.0. The number of hydrogen-bond donors (Lipinski definition) is 2. The number of phenolic OH excluding ortho intramolecular Hbond substituents is 1. The van der Waals surface area contributed by atoms with Crippen molar-refractivity contribution < 1.29 is 32.7 Å². The second-order valence-corrected chi connectivity index (χ2v) is 5.17. The summed E-state index contributed by atoms with van der Waals surface area (Å²) in [6.07, 6.45) is -4.61. The highest BCUT2D eigenvalue weighted by Gasteiger charge is 2.48. The van der Waals surface area contributed by atoms with Gasteiger partial charge >= 0.3 is 17.9 Å². The highest BCUT2D eigenvalue weighted by molar-refractivity contribution is 5.77. The Morgan fingerprint density at radius 2 is 2.21 bits per heavy atom. The third-order valence-electron chi connectivity index (χ3n) is 3.61. The fourth-order valence-corrected chi connectivity index (χ4v) is 2.43. The van der Waals surface area contributed by atoms with E-state index in [9.17, 15) is 33.2 Å². The highest BCUT2D eigenvalue weighted by Crippen LogP contribution is 2.34. The average Bonchev–Trinajstić information content (AvgIpc) is 2.87. The van der Waals surface area contributed by atoms with Gasteiger partial charge in [-0.05, 0) is 11.6 Å². The molecule has 0 spiro atoms. The minimum Gasteiger partial charge on any atom is -0.502 e. The molecular weight excluding hydrogens is 335 g/mol. The van der Waals surface area contributed by atoms with Gasteiger partial charge in [-0.3, -0.25) is 10.1 Å². The van der Waals surface area contributed by atoms with E-state index in [1.165, 1.54) is 13.2 Å².